The molecule has 17 heavy (non-hydrogen) atoms. The quantitative estimate of drug-likeness (QED) is 0.787. The Balaban J connectivity index is 2.03. The van der Waals surface area contributed by atoms with Gasteiger partial charge in [-0.2, -0.15) is 0 Å². The third-order valence-corrected chi connectivity index (χ3v) is 2.02. The molecule has 0 aliphatic rings. The number of hydrogen-bond acceptors (Lipinski definition) is 3. The summed E-state index contributed by atoms with van der Waals surface area (Å²) in [4.78, 5) is 25.2. The number of pyridine rings is 1. The number of hydrogen-bond donors (Lipinski definition) is 2. The molecular formula is C12H10N2O3. The Bertz CT molecular complexity index is 582. The highest BCUT2D eigenvalue weighted by atomic mass is 16.3. The molecule has 0 aliphatic heterocycles. The van der Waals surface area contributed by atoms with Crippen molar-refractivity contribution >= 4 is 17.7 Å². The van der Waals surface area contributed by atoms with Gasteiger partial charge in [0, 0.05) is 12.3 Å². The molecule has 5 heteroatoms. The fourth-order valence-electron chi connectivity index (χ4n) is 1.24. The van der Waals surface area contributed by atoms with Crippen molar-refractivity contribution in [2.75, 3.05) is 5.32 Å². The van der Waals surface area contributed by atoms with Crippen LogP contribution in [0.5, 0.6) is 0 Å². The monoisotopic (exact) mass is 230 g/mol. The molecule has 0 radical (unpaired) electrons. The standard InChI is InChI=1S/C12H10N2O3/c15-11(6-5-9-3-2-8-17-9)14-10-4-1-7-13-12(10)16/h1-8H,(H,13,16)(H,14,15). The lowest BCUT2D eigenvalue weighted by Crippen LogP contribution is -2.17. The maximum absolute atomic E-state index is 11.5. The fraction of sp³-hybridized carbons (Fsp3) is 0. The number of furan rings is 1. The highest BCUT2D eigenvalue weighted by Gasteiger charge is 2.01. The summed E-state index contributed by atoms with van der Waals surface area (Å²) in [6.07, 6.45) is 5.83. The first-order chi connectivity index (χ1) is 8.25. The summed E-state index contributed by atoms with van der Waals surface area (Å²) >= 11 is 0. The van der Waals surface area contributed by atoms with Crippen molar-refractivity contribution in [3.8, 4) is 0 Å². The zero-order valence-electron chi connectivity index (χ0n) is 8.84. The molecule has 0 saturated heterocycles. The van der Waals surface area contributed by atoms with E-state index in [4.69, 9.17) is 4.42 Å². The predicted molar refractivity (Wildman–Crippen MR) is 63.4 cm³/mol. The van der Waals surface area contributed by atoms with Crippen LogP contribution in [0.15, 0.2) is 52.0 Å². The second kappa shape index (κ2) is 4.98. The Labute approximate surface area is 96.8 Å². The Morgan fingerprint density at radius 1 is 1.35 bits per heavy atom. The number of rotatable bonds is 3. The van der Waals surface area contributed by atoms with E-state index in [2.05, 4.69) is 10.3 Å². The van der Waals surface area contributed by atoms with Gasteiger partial charge < -0.3 is 14.7 Å². The molecule has 5 nitrogen and oxygen atoms in total. The number of nitrogens with one attached hydrogen (secondary N) is 2. The van der Waals surface area contributed by atoms with Gasteiger partial charge in [0.2, 0.25) is 5.91 Å². The van der Waals surface area contributed by atoms with Gasteiger partial charge in [0.1, 0.15) is 11.4 Å². The fourth-order valence-corrected chi connectivity index (χ4v) is 1.24. The van der Waals surface area contributed by atoms with E-state index in [1.165, 1.54) is 30.7 Å². The summed E-state index contributed by atoms with van der Waals surface area (Å²) in [6, 6.07) is 6.60. The smallest absolute Gasteiger partial charge is 0.271 e. The Hall–Kier alpha value is -2.56. The van der Waals surface area contributed by atoms with Crippen molar-refractivity contribution in [2.45, 2.75) is 0 Å². The predicted octanol–water partition coefficient (Wildman–Crippen LogP) is 1.62. The molecule has 2 heterocycles. The first-order valence-corrected chi connectivity index (χ1v) is 4.96. The normalized spacial score (nSPS) is 10.6. The van der Waals surface area contributed by atoms with Crippen molar-refractivity contribution in [1.29, 1.82) is 0 Å². The molecule has 0 bridgehead atoms. The van der Waals surface area contributed by atoms with E-state index < -0.39 is 5.91 Å². The summed E-state index contributed by atoms with van der Waals surface area (Å²) in [5.74, 6) is 0.181. The summed E-state index contributed by atoms with van der Waals surface area (Å²) in [5.41, 5.74) is -0.131. The van der Waals surface area contributed by atoms with Crippen molar-refractivity contribution in [1.82, 2.24) is 4.98 Å². The van der Waals surface area contributed by atoms with Crippen LogP contribution in [-0.4, -0.2) is 10.9 Å². The molecule has 2 rings (SSSR count). The van der Waals surface area contributed by atoms with E-state index in [1.807, 2.05) is 0 Å². The van der Waals surface area contributed by atoms with Crippen LogP contribution >= 0.6 is 0 Å². The lowest BCUT2D eigenvalue weighted by Gasteiger charge is -1.98. The summed E-state index contributed by atoms with van der Waals surface area (Å²) in [6.45, 7) is 0. The SMILES string of the molecule is O=C(C=Cc1ccco1)Nc1ccc[nH]c1=O. The van der Waals surface area contributed by atoms with Crippen LogP contribution in [0.1, 0.15) is 5.76 Å². The van der Waals surface area contributed by atoms with Crippen LogP contribution in [-0.2, 0) is 4.79 Å². The lowest BCUT2D eigenvalue weighted by atomic mass is 10.3. The average molecular weight is 230 g/mol. The van der Waals surface area contributed by atoms with Crippen LogP contribution < -0.4 is 10.9 Å². The molecule has 0 spiro atoms. The number of anilines is 1. The first kappa shape index (κ1) is 10.9. The van der Waals surface area contributed by atoms with Crippen LogP contribution in [0, 0.1) is 0 Å². The van der Waals surface area contributed by atoms with Gasteiger partial charge in [0.05, 0.1) is 6.26 Å². The number of aromatic nitrogens is 1. The number of amides is 1. The highest BCUT2D eigenvalue weighted by molar-refractivity contribution is 6.01. The number of carbonyl (C=O) groups excluding carboxylic acids is 1. The summed E-state index contributed by atoms with van der Waals surface area (Å²) < 4.78 is 5.02. The van der Waals surface area contributed by atoms with E-state index in [0.29, 0.717) is 5.76 Å². The molecular weight excluding hydrogens is 220 g/mol. The largest absolute Gasteiger partial charge is 0.465 e. The van der Waals surface area contributed by atoms with E-state index >= 15 is 0 Å². The van der Waals surface area contributed by atoms with Crippen LogP contribution in [0.4, 0.5) is 5.69 Å². The topological polar surface area (TPSA) is 75.1 Å². The van der Waals surface area contributed by atoms with Crippen LogP contribution in [0.25, 0.3) is 6.08 Å². The van der Waals surface area contributed by atoms with Gasteiger partial charge in [-0.15, -0.1) is 0 Å². The molecule has 2 aromatic rings. The number of aromatic amines is 1. The average Bonchev–Trinajstić information content (AvgIpc) is 2.82. The van der Waals surface area contributed by atoms with Crippen molar-refractivity contribution in [3.05, 3.63) is 58.9 Å². The molecule has 0 aromatic carbocycles. The van der Waals surface area contributed by atoms with E-state index in [-0.39, 0.29) is 11.2 Å². The molecule has 86 valence electrons. The summed E-state index contributed by atoms with van der Waals surface area (Å²) in [7, 11) is 0. The van der Waals surface area contributed by atoms with Crippen LogP contribution in [0.3, 0.4) is 0 Å². The second-order valence-electron chi connectivity index (χ2n) is 3.25. The third-order valence-electron chi connectivity index (χ3n) is 2.02. The molecule has 0 fully saturated rings. The minimum absolute atomic E-state index is 0.210. The van der Waals surface area contributed by atoms with Gasteiger partial charge in [0.15, 0.2) is 0 Å². The summed E-state index contributed by atoms with van der Waals surface area (Å²) in [5, 5.41) is 2.46. The van der Waals surface area contributed by atoms with Gasteiger partial charge >= 0.3 is 0 Å². The highest BCUT2D eigenvalue weighted by Crippen LogP contribution is 2.03. The maximum atomic E-state index is 11.5. The lowest BCUT2D eigenvalue weighted by molar-refractivity contribution is -0.111. The van der Waals surface area contributed by atoms with Gasteiger partial charge in [-0.25, -0.2) is 0 Å². The minimum atomic E-state index is -0.391. The minimum Gasteiger partial charge on any atom is -0.465 e. The maximum Gasteiger partial charge on any atom is 0.271 e. The van der Waals surface area contributed by atoms with E-state index in [0.717, 1.165) is 0 Å². The Morgan fingerprint density at radius 2 is 2.24 bits per heavy atom. The second-order valence-corrected chi connectivity index (χ2v) is 3.25. The van der Waals surface area contributed by atoms with Crippen molar-refractivity contribution in [2.24, 2.45) is 0 Å². The molecule has 1 amide bonds. The third kappa shape index (κ3) is 2.94. The molecule has 0 saturated carbocycles. The number of carbonyl (C=O) groups is 1. The van der Waals surface area contributed by atoms with Gasteiger partial charge in [-0.1, -0.05) is 0 Å². The number of H-pyrrole nitrogens is 1. The Morgan fingerprint density at radius 3 is 2.94 bits per heavy atom. The van der Waals surface area contributed by atoms with Crippen molar-refractivity contribution in [3.63, 3.8) is 0 Å². The van der Waals surface area contributed by atoms with Gasteiger partial charge in [-0.05, 0) is 30.3 Å². The molecule has 0 aliphatic carbocycles. The zero-order chi connectivity index (χ0) is 12.1. The molecule has 0 unspecified atom stereocenters. The van der Waals surface area contributed by atoms with Gasteiger partial charge in [0.25, 0.3) is 5.56 Å². The van der Waals surface area contributed by atoms with Crippen molar-refractivity contribution < 1.29 is 9.21 Å². The Kier molecular flexibility index (Phi) is 3.20. The van der Waals surface area contributed by atoms with Crippen LogP contribution in [0.2, 0.25) is 0 Å². The first-order valence-electron chi connectivity index (χ1n) is 4.96. The molecule has 0 atom stereocenters. The molecule has 2 aromatic heterocycles. The van der Waals surface area contributed by atoms with E-state index in [1.54, 1.807) is 18.2 Å². The zero-order valence-corrected chi connectivity index (χ0v) is 8.84. The molecule has 2 N–H and O–H groups in total. The van der Waals surface area contributed by atoms with E-state index in [9.17, 15) is 9.59 Å². The van der Waals surface area contributed by atoms with Gasteiger partial charge in [-0.3, -0.25) is 9.59 Å².